The molecule has 0 aliphatic rings. The summed E-state index contributed by atoms with van der Waals surface area (Å²) in [5.74, 6) is -0.592. The fourth-order valence-corrected chi connectivity index (χ4v) is 8.41. The highest BCUT2D eigenvalue weighted by Crippen LogP contribution is 2.16. The summed E-state index contributed by atoms with van der Waals surface area (Å²) < 4.78 is 10.7. The molecule has 0 radical (unpaired) electrons. The number of hydrogen-bond donors (Lipinski definition) is 1. The Bertz CT molecular complexity index is 1330. The smallest absolute Gasteiger partial charge is 0.306 e. The summed E-state index contributed by atoms with van der Waals surface area (Å²) in [5, 5.41) is 9.65. The highest BCUT2D eigenvalue weighted by molar-refractivity contribution is 5.70. The van der Waals surface area contributed by atoms with Gasteiger partial charge in [0.05, 0.1) is 6.61 Å². The number of carbonyl (C=O) groups excluding carboxylic acids is 2. The number of allylic oxidation sites excluding steroid dienone is 16. The van der Waals surface area contributed by atoms with E-state index >= 15 is 0 Å². The molecule has 1 unspecified atom stereocenters. The highest BCUT2D eigenvalue weighted by Gasteiger charge is 2.16. The first-order valence-electron chi connectivity index (χ1n) is 29.8. The van der Waals surface area contributed by atoms with Crippen LogP contribution in [0.15, 0.2) is 97.2 Å². The maximum atomic E-state index is 12.3. The molecule has 0 saturated heterocycles. The van der Waals surface area contributed by atoms with Gasteiger partial charge in [-0.1, -0.05) is 272 Å². The van der Waals surface area contributed by atoms with Gasteiger partial charge in [-0.3, -0.25) is 9.59 Å². The zero-order chi connectivity index (χ0) is 50.6. The monoisotopic (exact) mass is 973 g/mol. The lowest BCUT2D eigenvalue weighted by atomic mass is 10.0. The Kier molecular flexibility index (Phi) is 57.4. The summed E-state index contributed by atoms with van der Waals surface area (Å²) in [6.07, 6.45) is 85.4. The van der Waals surface area contributed by atoms with Crippen LogP contribution in [0.3, 0.4) is 0 Å². The molecule has 0 aliphatic heterocycles. The van der Waals surface area contributed by atoms with Crippen LogP contribution in [0.1, 0.15) is 284 Å². The van der Waals surface area contributed by atoms with Gasteiger partial charge in [-0.25, -0.2) is 0 Å². The lowest BCUT2D eigenvalue weighted by molar-refractivity contribution is -0.161. The maximum absolute atomic E-state index is 12.3. The third-order valence-electron chi connectivity index (χ3n) is 12.9. The van der Waals surface area contributed by atoms with E-state index in [1.807, 2.05) is 0 Å². The highest BCUT2D eigenvalue weighted by atomic mass is 16.6. The normalized spacial score (nSPS) is 12.9. The Morgan fingerprint density at radius 2 is 0.614 bits per heavy atom. The Labute approximate surface area is 434 Å². The summed E-state index contributed by atoms with van der Waals surface area (Å²) >= 11 is 0. The van der Waals surface area contributed by atoms with Gasteiger partial charge < -0.3 is 14.6 Å². The van der Waals surface area contributed by atoms with Crippen molar-refractivity contribution >= 4 is 11.9 Å². The minimum atomic E-state index is -0.778. The number of aliphatic hydroxyl groups is 1. The summed E-state index contributed by atoms with van der Waals surface area (Å²) in [7, 11) is 0. The van der Waals surface area contributed by atoms with Crippen LogP contribution in [-0.4, -0.2) is 36.4 Å². The molecule has 5 heteroatoms. The molecule has 0 spiro atoms. The second-order valence-electron chi connectivity index (χ2n) is 19.7. The Morgan fingerprint density at radius 3 is 0.929 bits per heavy atom. The molecule has 0 aromatic heterocycles. The van der Waals surface area contributed by atoms with Crippen LogP contribution in [0.4, 0.5) is 0 Å². The third kappa shape index (κ3) is 57.4. The lowest BCUT2D eigenvalue weighted by Gasteiger charge is -2.15. The molecule has 0 aromatic carbocycles. The largest absolute Gasteiger partial charge is 0.462 e. The first kappa shape index (κ1) is 66.8. The number of esters is 2. The summed E-state index contributed by atoms with van der Waals surface area (Å²) in [6.45, 7) is 4.01. The SMILES string of the molecule is CC/C=C\C/C=C\C/C=C\C/C=C\C/C=C\C/C=C\CCCCCCCCCCCCCCCCCCCCCCC(=O)OC(CO)COC(=O)CCCCCCCCC/C=C\C/C=C\CCCCC. The molecule has 0 fully saturated rings. The van der Waals surface area contributed by atoms with Crippen molar-refractivity contribution in [3.05, 3.63) is 97.2 Å². The van der Waals surface area contributed by atoms with Gasteiger partial charge in [0.2, 0.25) is 0 Å². The second-order valence-corrected chi connectivity index (χ2v) is 19.7. The van der Waals surface area contributed by atoms with E-state index in [1.54, 1.807) is 0 Å². The van der Waals surface area contributed by atoms with Gasteiger partial charge in [-0.05, 0) is 96.3 Å². The molecule has 0 saturated carbocycles. The van der Waals surface area contributed by atoms with Crippen molar-refractivity contribution in [2.75, 3.05) is 13.2 Å². The van der Waals surface area contributed by atoms with Gasteiger partial charge in [0.25, 0.3) is 0 Å². The topological polar surface area (TPSA) is 72.8 Å². The molecule has 0 heterocycles. The van der Waals surface area contributed by atoms with Crippen molar-refractivity contribution in [1.29, 1.82) is 0 Å². The number of ether oxygens (including phenoxy) is 2. The molecule has 0 aliphatic carbocycles. The van der Waals surface area contributed by atoms with Crippen LogP contribution in [0.25, 0.3) is 0 Å². The van der Waals surface area contributed by atoms with E-state index in [9.17, 15) is 14.7 Å². The summed E-state index contributed by atoms with van der Waals surface area (Å²) in [6, 6.07) is 0. The van der Waals surface area contributed by atoms with Gasteiger partial charge in [-0.15, -0.1) is 0 Å². The second kappa shape index (κ2) is 60.1. The van der Waals surface area contributed by atoms with Crippen LogP contribution in [0.2, 0.25) is 0 Å². The molecule has 0 aromatic rings. The lowest BCUT2D eigenvalue weighted by Crippen LogP contribution is -2.28. The van der Waals surface area contributed by atoms with Crippen molar-refractivity contribution in [3.63, 3.8) is 0 Å². The number of unbranched alkanes of at least 4 members (excludes halogenated alkanes) is 30. The van der Waals surface area contributed by atoms with E-state index in [4.69, 9.17) is 9.47 Å². The zero-order valence-corrected chi connectivity index (χ0v) is 46.0. The first-order valence-corrected chi connectivity index (χ1v) is 29.8. The molecule has 1 atom stereocenters. The fraction of sp³-hybridized carbons (Fsp3) is 0.723. The van der Waals surface area contributed by atoms with Gasteiger partial charge in [0.1, 0.15) is 6.61 Å². The van der Waals surface area contributed by atoms with E-state index in [0.29, 0.717) is 12.8 Å². The number of rotatable bonds is 54. The van der Waals surface area contributed by atoms with Crippen LogP contribution in [-0.2, 0) is 19.1 Å². The van der Waals surface area contributed by atoms with Gasteiger partial charge >= 0.3 is 11.9 Å². The van der Waals surface area contributed by atoms with Crippen molar-refractivity contribution in [2.24, 2.45) is 0 Å². The first-order chi connectivity index (χ1) is 34.6. The average Bonchev–Trinajstić information content (AvgIpc) is 3.36. The quantitative estimate of drug-likeness (QED) is 0.0373. The summed E-state index contributed by atoms with van der Waals surface area (Å²) in [5.41, 5.74) is 0. The van der Waals surface area contributed by atoms with Gasteiger partial charge in [-0.2, -0.15) is 0 Å². The molecule has 70 heavy (non-hydrogen) atoms. The molecule has 1 N–H and O–H groups in total. The number of aliphatic hydroxyl groups excluding tert-OH is 1. The van der Waals surface area contributed by atoms with Crippen molar-refractivity contribution in [3.8, 4) is 0 Å². The van der Waals surface area contributed by atoms with E-state index in [0.717, 1.165) is 89.9 Å². The molecule has 0 bridgehead atoms. The van der Waals surface area contributed by atoms with Crippen LogP contribution >= 0.6 is 0 Å². The van der Waals surface area contributed by atoms with Crippen molar-refractivity contribution in [2.45, 2.75) is 290 Å². The Morgan fingerprint density at radius 1 is 0.343 bits per heavy atom. The molecule has 0 amide bonds. The van der Waals surface area contributed by atoms with E-state index in [1.165, 1.54) is 167 Å². The molecule has 0 rings (SSSR count). The van der Waals surface area contributed by atoms with Crippen molar-refractivity contribution in [1.82, 2.24) is 0 Å². The fourth-order valence-electron chi connectivity index (χ4n) is 8.41. The zero-order valence-electron chi connectivity index (χ0n) is 46.0. The minimum absolute atomic E-state index is 0.0702. The molecular formula is C65H112O5. The Hall–Kier alpha value is -3.18. The van der Waals surface area contributed by atoms with Crippen LogP contribution in [0, 0.1) is 0 Å². The predicted molar refractivity (Wildman–Crippen MR) is 306 cm³/mol. The van der Waals surface area contributed by atoms with Gasteiger partial charge in [0.15, 0.2) is 6.10 Å². The van der Waals surface area contributed by atoms with Gasteiger partial charge in [0, 0.05) is 12.8 Å². The van der Waals surface area contributed by atoms with Crippen LogP contribution in [0.5, 0.6) is 0 Å². The Balaban J connectivity index is 3.45. The molecule has 402 valence electrons. The molecular weight excluding hydrogens is 861 g/mol. The van der Waals surface area contributed by atoms with Crippen LogP contribution < -0.4 is 0 Å². The van der Waals surface area contributed by atoms with E-state index in [-0.39, 0.29) is 25.2 Å². The maximum Gasteiger partial charge on any atom is 0.306 e. The molecule has 5 nitrogen and oxygen atoms in total. The minimum Gasteiger partial charge on any atom is -0.462 e. The number of carbonyl (C=O) groups is 2. The standard InChI is InChI=1S/C65H112O5/c1-3-5-7-9-11-13-15-17-19-21-22-23-24-25-26-27-28-29-30-31-32-33-34-35-36-37-38-39-40-41-42-44-46-48-50-52-54-56-58-60-65(68)70-63(61-66)62-69-64(67)59-57-55-53-51-49-47-45-43-20-18-16-14-12-10-8-6-4-2/h5,7,11-14,17-20,22-23,25-26,28-29,63,66H,3-4,6,8-10,15-16,21,24,27,30-62H2,1-2H3/b7-5-,13-11-,14-12-,19-17-,20-18-,23-22-,26-25-,29-28-. The predicted octanol–water partition coefficient (Wildman–Crippen LogP) is 20.3. The van der Waals surface area contributed by atoms with E-state index in [2.05, 4.69) is 111 Å². The van der Waals surface area contributed by atoms with E-state index < -0.39 is 6.10 Å². The van der Waals surface area contributed by atoms with Crippen molar-refractivity contribution < 1.29 is 24.2 Å². The third-order valence-corrected chi connectivity index (χ3v) is 12.9. The average molecular weight is 974 g/mol. The number of hydrogen-bond acceptors (Lipinski definition) is 5. The summed E-state index contributed by atoms with van der Waals surface area (Å²) in [4.78, 5) is 24.5.